The summed E-state index contributed by atoms with van der Waals surface area (Å²) in [6, 6.07) is 7.68. The summed E-state index contributed by atoms with van der Waals surface area (Å²) in [5, 5.41) is 0. The standard InChI is InChI=1S/C15H24N2O/c1-3-4-5-6-7-15(18)17(2)12-13-8-10-14(16)11-9-13/h8-11H,3-7,12,16H2,1-2H3. The highest BCUT2D eigenvalue weighted by molar-refractivity contribution is 5.75. The third-order valence-corrected chi connectivity index (χ3v) is 3.07. The molecule has 2 N–H and O–H groups in total. The van der Waals surface area contributed by atoms with Gasteiger partial charge in [-0.15, -0.1) is 0 Å². The molecule has 0 aliphatic carbocycles. The van der Waals surface area contributed by atoms with Gasteiger partial charge in [0.15, 0.2) is 0 Å². The molecule has 0 atom stereocenters. The Morgan fingerprint density at radius 1 is 1.17 bits per heavy atom. The van der Waals surface area contributed by atoms with Crippen LogP contribution in [0.1, 0.15) is 44.6 Å². The quantitative estimate of drug-likeness (QED) is 0.595. The molecule has 1 amide bonds. The number of amides is 1. The Labute approximate surface area is 110 Å². The van der Waals surface area contributed by atoms with Gasteiger partial charge in [0.25, 0.3) is 0 Å². The highest BCUT2D eigenvalue weighted by Gasteiger charge is 2.08. The van der Waals surface area contributed by atoms with E-state index in [1.54, 1.807) is 4.90 Å². The molecule has 0 radical (unpaired) electrons. The van der Waals surface area contributed by atoms with E-state index in [1.807, 2.05) is 31.3 Å². The van der Waals surface area contributed by atoms with E-state index < -0.39 is 0 Å². The Morgan fingerprint density at radius 3 is 2.44 bits per heavy atom. The fraction of sp³-hybridized carbons (Fsp3) is 0.533. The number of rotatable bonds is 7. The molecule has 0 bridgehead atoms. The van der Waals surface area contributed by atoms with Crippen LogP contribution >= 0.6 is 0 Å². The molecular weight excluding hydrogens is 224 g/mol. The van der Waals surface area contributed by atoms with Crippen molar-refractivity contribution in [1.82, 2.24) is 4.90 Å². The normalized spacial score (nSPS) is 10.3. The zero-order valence-electron chi connectivity index (χ0n) is 11.5. The van der Waals surface area contributed by atoms with Crippen molar-refractivity contribution in [2.24, 2.45) is 0 Å². The number of hydrogen-bond acceptors (Lipinski definition) is 2. The maximum absolute atomic E-state index is 11.9. The number of unbranched alkanes of at least 4 members (excludes halogenated alkanes) is 3. The van der Waals surface area contributed by atoms with Crippen molar-refractivity contribution >= 4 is 11.6 Å². The van der Waals surface area contributed by atoms with Crippen molar-refractivity contribution in [1.29, 1.82) is 0 Å². The fourth-order valence-corrected chi connectivity index (χ4v) is 1.88. The Balaban J connectivity index is 2.33. The number of carbonyl (C=O) groups excluding carboxylic acids is 1. The van der Waals surface area contributed by atoms with E-state index in [1.165, 1.54) is 12.8 Å². The van der Waals surface area contributed by atoms with E-state index in [4.69, 9.17) is 5.73 Å². The summed E-state index contributed by atoms with van der Waals surface area (Å²) >= 11 is 0. The van der Waals surface area contributed by atoms with Gasteiger partial charge in [-0.1, -0.05) is 38.3 Å². The molecule has 0 saturated heterocycles. The Morgan fingerprint density at radius 2 is 1.83 bits per heavy atom. The molecule has 0 fully saturated rings. The van der Waals surface area contributed by atoms with Gasteiger partial charge < -0.3 is 10.6 Å². The minimum Gasteiger partial charge on any atom is -0.399 e. The first-order chi connectivity index (χ1) is 8.63. The van der Waals surface area contributed by atoms with Gasteiger partial charge in [-0.3, -0.25) is 4.79 Å². The lowest BCUT2D eigenvalue weighted by molar-refractivity contribution is -0.130. The molecule has 0 aliphatic rings. The molecule has 1 rings (SSSR count). The predicted molar refractivity (Wildman–Crippen MR) is 76.1 cm³/mol. The smallest absolute Gasteiger partial charge is 0.222 e. The first kappa shape index (κ1) is 14.6. The average Bonchev–Trinajstić information content (AvgIpc) is 2.37. The van der Waals surface area contributed by atoms with Crippen LogP contribution < -0.4 is 5.73 Å². The maximum Gasteiger partial charge on any atom is 0.222 e. The molecule has 3 heteroatoms. The van der Waals surface area contributed by atoms with Crippen molar-refractivity contribution in [3.63, 3.8) is 0 Å². The van der Waals surface area contributed by atoms with E-state index in [2.05, 4.69) is 6.92 Å². The molecule has 0 aliphatic heterocycles. The topological polar surface area (TPSA) is 46.3 Å². The summed E-state index contributed by atoms with van der Waals surface area (Å²) in [7, 11) is 1.86. The highest BCUT2D eigenvalue weighted by Crippen LogP contribution is 2.10. The van der Waals surface area contributed by atoms with Gasteiger partial charge in [0, 0.05) is 25.7 Å². The van der Waals surface area contributed by atoms with Crippen LogP contribution in [0.2, 0.25) is 0 Å². The molecule has 3 nitrogen and oxygen atoms in total. The molecule has 1 aromatic carbocycles. The molecule has 18 heavy (non-hydrogen) atoms. The van der Waals surface area contributed by atoms with E-state index in [-0.39, 0.29) is 5.91 Å². The second kappa shape index (κ2) is 7.75. The zero-order chi connectivity index (χ0) is 13.4. The van der Waals surface area contributed by atoms with Crippen molar-refractivity contribution in [2.45, 2.75) is 45.6 Å². The molecule has 0 aromatic heterocycles. The predicted octanol–water partition coefficient (Wildman–Crippen LogP) is 3.20. The Hall–Kier alpha value is -1.51. The average molecular weight is 248 g/mol. The van der Waals surface area contributed by atoms with Gasteiger partial charge in [-0.25, -0.2) is 0 Å². The number of carbonyl (C=O) groups is 1. The van der Waals surface area contributed by atoms with Crippen molar-refractivity contribution in [3.8, 4) is 0 Å². The monoisotopic (exact) mass is 248 g/mol. The third-order valence-electron chi connectivity index (χ3n) is 3.07. The van der Waals surface area contributed by atoms with Crippen molar-refractivity contribution < 1.29 is 4.79 Å². The SMILES string of the molecule is CCCCCCC(=O)N(C)Cc1ccc(N)cc1. The first-order valence-electron chi connectivity index (χ1n) is 6.72. The van der Waals surface area contributed by atoms with Gasteiger partial charge in [-0.05, 0) is 24.1 Å². The Bertz CT molecular complexity index is 359. The van der Waals surface area contributed by atoms with Crippen molar-refractivity contribution in [2.75, 3.05) is 12.8 Å². The van der Waals surface area contributed by atoms with Crippen LogP contribution in [0.25, 0.3) is 0 Å². The van der Waals surface area contributed by atoms with Crippen LogP contribution in [0, 0.1) is 0 Å². The maximum atomic E-state index is 11.9. The second-order valence-electron chi connectivity index (χ2n) is 4.80. The van der Waals surface area contributed by atoms with Gasteiger partial charge in [-0.2, -0.15) is 0 Å². The molecule has 0 heterocycles. The summed E-state index contributed by atoms with van der Waals surface area (Å²) in [5.74, 6) is 0.225. The largest absolute Gasteiger partial charge is 0.399 e. The molecule has 100 valence electrons. The van der Waals surface area contributed by atoms with Gasteiger partial charge in [0.2, 0.25) is 5.91 Å². The molecular formula is C15H24N2O. The molecule has 0 spiro atoms. The van der Waals surface area contributed by atoms with E-state index in [0.717, 1.165) is 24.1 Å². The second-order valence-corrected chi connectivity index (χ2v) is 4.80. The van der Waals surface area contributed by atoms with Crippen LogP contribution in [0.5, 0.6) is 0 Å². The van der Waals surface area contributed by atoms with E-state index >= 15 is 0 Å². The van der Waals surface area contributed by atoms with Gasteiger partial charge in [0.05, 0.1) is 0 Å². The number of anilines is 1. The minimum atomic E-state index is 0.225. The lowest BCUT2D eigenvalue weighted by Gasteiger charge is -2.17. The van der Waals surface area contributed by atoms with Gasteiger partial charge >= 0.3 is 0 Å². The first-order valence-corrected chi connectivity index (χ1v) is 6.72. The van der Waals surface area contributed by atoms with Crippen LogP contribution in [0.3, 0.4) is 0 Å². The number of nitrogen functional groups attached to an aromatic ring is 1. The van der Waals surface area contributed by atoms with Crippen LogP contribution in [-0.2, 0) is 11.3 Å². The molecule has 1 aromatic rings. The summed E-state index contributed by atoms with van der Waals surface area (Å²) < 4.78 is 0. The van der Waals surface area contributed by atoms with Gasteiger partial charge in [0.1, 0.15) is 0 Å². The summed E-state index contributed by atoms with van der Waals surface area (Å²) in [5.41, 5.74) is 7.51. The minimum absolute atomic E-state index is 0.225. The number of nitrogens with zero attached hydrogens (tertiary/aromatic N) is 1. The Kier molecular flexibility index (Phi) is 6.26. The highest BCUT2D eigenvalue weighted by atomic mass is 16.2. The zero-order valence-corrected chi connectivity index (χ0v) is 11.5. The summed E-state index contributed by atoms with van der Waals surface area (Å²) in [4.78, 5) is 13.7. The number of nitrogens with two attached hydrogens (primary N) is 1. The molecule has 0 unspecified atom stereocenters. The van der Waals surface area contributed by atoms with Crippen LogP contribution in [0.4, 0.5) is 5.69 Å². The fourth-order valence-electron chi connectivity index (χ4n) is 1.88. The number of benzene rings is 1. The molecule has 0 saturated carbocycles. The summed E-state index contributed by atoms with van der Waals surface area (Å²) in [6.07, 6.45) is 5.23. The number of hydrogen-bond donors (Lipinski definition) is 1. The summed E-state index contributed by atoms with van der Waals surface area (Å²) in [6.45, 7) is 2.84. The van der Waals surface area contributed by atoms with Crippen LogP contribution in [0.15, 0.2) is 24.3 Å². The van der Waals surface area contributed by atoms with E-state index in [9.17, 15) is 4.79 Å². The third kappa shape index (κ3) is 5.21. The lowest BCUT2D eigenvalue weighted by Crippen LogP contribution is -2.25. The van der Waals surface area contributed by atoms with E-state index in [0.29, 0.717) is 13.0 Å². The van der Waals surface area contributed by atoms with Crippen LogP contribution in [-0.4, -0.2) is 17.9 Å². The van der Waals surface area contributed by atoms with Crippen molar-refractivity contribution in [3.05, 3.63) is 29.8 Å². The lowest BCUT2D eigenvalue weighted by atomic mass is 10.1.